The third-order valence-electron chi connectivity index (χ3n) is 3.45. The molecule has 1 atom stereocenters. The van der Waals surface area contributed by atoms with Crippen molar-refractivity contribution in [2.75, 3.05) is 17.7 Å². The van der Waals surface area contributed by atoms with Crippen LogP contribution in [0.4, 0.5) is 11.6 Å². The van der Waals surface area contributed by atoms with Gasteiger partial charge in [-0.1, -0.05) is 35.0 Å². The minimum Gasteiger partial charge on any atom is -0.373 e. The van der Waals surface area contributed by atoms with E-state index in [4.69, 9.17) is 0 Å². The molecule has 2 aromatic rings. The summed E-state index contributed by atoms with van der Waals surface area (Å²) < 4.78 is 1.08. The van der Waals surface area contributed by atoms with Gasteiger partial charge >= 0.3 is 0 Å². The largest absolute Gasteiger partial charge is 0.373 e. The van der Waals surface area contributed by atoms with Gasteiger partial charge in [0.1, 0.15) is 17.5 Å². The van der Waals surface area contributed by atoms with E-state index >= 15 is 0 Å². The molecule has 0 bridgehead atoms. The van der Waals surface area contributed by atoms with Crippen molar-refractivity contribution in [3.63, 3.8) is 0 Å². The molecule has 0 saturated carbocycles. The number of halogens is 1. The molecule has 2 N–H and O–H groups in total. The van der Waals surface area contributed by atoms with Crippen LogP contribution in [0.5, 0.6) is 0 Å². The van der Waals surface area contributed by atoms with Crippen LogP contribution in [-0.2, 0) is 6.42 Å². The molecule has 0 radical (unpaired) electrons. The van der Waals surface area contributed by atoms with Crippen molar-refractivity contribution in [2.24, 2.45) is 0 Å². The Morgan fingerprint density at radius 2 is 1.95 bits per heavy atom. The van der Waals surface area contributed by atoms with E-state index in [-0.39, 0.29) is 6.04 Å². The van der Waals surface area contributed by atoms with Gasteiger partial charge in [-0.15, -0.1) is 0 Å². The van der Waals surface area contributed by atoms with E-state index < -0.39 is 0 Å². The average Bonchev–Trinajstić information content (AvgIpc) is 2.49. The molecule has 5 heteroatoms. The Hall–Kier alpha value is -1.62. The Labute approximate surface area is 134 Å². The Kier molecular flexibility index (Phi) is 5.17. The van der Waals surface area contributed by atoms with Crippen LogP contribution in [-0.4, -0.2) is 17.0 Å². The second kappa shape index (κ2) is 6.89. The number of nitrogens with zero attached hydrogens (tertiary/aromatic N) is 2. The van der Waals surface area contributed by atoms with E-state index in [1.807, 2.05) is 26.1 Å². The van der Waals surface area contributed by atoms with Gasteiger partial charge in [-0.05, 0) is 31.5 Å². The third-order valence-corrected chi connectivity index (χ3v) is 3.94. The van der Waals surface area contributed by atoms with Gasteiger partial charge in [-0.3, -0.25) is 0 Å². The van der Waals surface area contributed by atoms with Crippen molar-refractivity contribution in [3.05, 3.63) is 45.7 Å². The summed E-state index contributed by atoms with van der Waals surface area (Å²) in [6.45, 7) is 6.22. The minimum atomic E-state index is 0.172. The molecule has 0 spiro atoms. The zero-order valence-electron chi connectivity index (χ0n) is 12.9. The van der Waals surface area contributed by atoms with Gasteiger partial charge < -0.3 is 10.6 Å². The highest BCUT2D eigenvalue weighted by Gasteiger charge is 2.12. The lowest BCUT2D eigenvalue weighted by Gasteiger charge is -2.19. The highest BCUT2D eigenvalue weighted by molar-refractivity contribution is 9.10. The molecular formula is C16H21BrN4. The first-order valence-electron chi connectivity index (χ1n) is 7.12. The van der Waals surface area contributed by atoms with Crippen LogP contribution in [0.3, 0.4) is 0 Å². The maximum Gasteiger partial charge on any atom is 0.135 e. The summed E-state index contributed by atoms with van der Waals surface area (Å²) in [6.07, 6.45) is 0.814. The molecule has 1 heterocycles. The highest BCUT2D eigenvalue weighted by atomic mass is 79.9. The molecule has 0 aliphatic carbocycles. The zero-order chi connectivity index (χ0) is 15.4. The van der Waals surface area contributed by atoms with E-state index in [0.29, 0.717) is 0 Å². The number of hydrogen-bond donors (Lipinski definition) is 2. The average molecular weight is 349 g/mol. The maximum atomic E-state index is 4.61. The number of anilines is 2. The fourth-order valence-corrected chi connectivity index (χ4v) is 2.59. The molecule has 21 heavy (non-hydrogen) atoms. The number of hydrogen-bond acceptors (Lipinski definition) is 4. The van der Waals surface area contributed by atoms with E-state index in [1.54, 1.807) is 0 Å². The summed E-state index contributed by atoms with van der Waals surface area (Å²) in [5.74, 6) is 2.61. The predicted octanol–water partition coefficient (Wildman–Crippen LogP) is 4.32. The van der Waals surface area contributed by atoms with Gasteiger partial charge in [0, 0.05) is 29.5 Å². The van der Waals surface area contributed by atoms with E-state index in [9.17, 15) is 0 Å². The second-order valence-corrected chi connectivity index (χ2v) is 5.90. The van der Waals surface area contributed by atoms with E-state index in [2.05, 4.69) is 62.5 Å². The van der Waals surface area contributed by atoms with Gasteiger partial charge in [0.2, 0.25) is 0 Å². The maximum absolute atomic E-state index is 4.61. The normalized spacial score (nSPS) is 12.0. The standard InChI is InChI=1S/C16H21BrN4/c1-5-14-20-15(18-4)10(2)16(21-14)19-11(3)12-7-6-8-13(17)9-12/h6-9,11H,5H2,1-4H3,(H2,18,19,20,21). The van der Waals surface area contributed by atoms with E-state index in [1.165, 1.54) is 5.56 Å². The van der Waals surface area contributed by atoms with Crippen LogP contribution in [0.25, 0.3) is 0 Å². The SMILES string of the molecule is CCc1nc(NC)c(C)c(NC(C)c2cccc(Br)c2)n1. The van der Waals surface area contributed by atoms with Crippen molar-refractivity contribution in [1.29, 1.82) is 0 Å². The van der Waals surface area contributed by atoms with Crippen LogP contribution < -0.4 is 10.6 Å². The molecule has 0 fully saturated rings. The van der Waals surface area contributed by atoms with Crippen LogP contribution >= 0.6 is 15.9 Å². The Morgan fingerprint density at radius 1 is 1.24 bits per heavy atom. The molecule has 4 nitrogen and oxygen atoms in total. The van der Waals surface area contributed by atoms with Gasteiger partial charge in [-0.25, -0.2) is 9.97 Å². The lowest BCUT2D eigenvalue weighted by molar-refractivity contribution is 0.851. The van der Waals surface area contributed by atoms with Gasteiger partial charge in [0.25, 0.3) is 0 Å². The van der Waals surface area contributed by atoms with Crippen LogP contribution in [0.15, 0.2) is 28.7 Å². The van der Waals surface area contributed by atoms with Gasteiger partial charge in [0.05, 0.1) is 0 Å². The van der Waals surface area contributed by atoms with Crippen molar-refractivity contribution < 1.29 is 0 Å². The Balaban J connectivity index is 2.30. The lowest BCUT2D eigenvalue weighted by atomic mass is 10.1. The highest BCUT2D eigenvalue weighted by Crippen LogP contribution is 2.25. The minimum absolute atomic E-state index is 0.172. The van der Waals surface area contributed by atoms with Crippen LogP contribution in [0.2, 0.25) is 0 Å². The fourth-order valence-electron chi connectivity index (χ4n) is 2.17. The molecule has 1 aromatic carbocycles. The molecule has 0 aliphatic heterocycles. The van der Waals surface area contributed by atoms with Crippen molar-refractivity contribution in [3.8, 4) is 0 Å². The molecule has 0 amide bonds. The summed E-state index contributed by atoms with van der Waals surface area (Å²) in [6, 6.07) is 8.47. The van der Waals surface area contributed by atoms with Gasteiger partial charge in [0.15, 0.2) is 0 Å². The summed E-state index contributed by atoms with van der Waals surface area (Å²) >= 11 is 3.51. The number of benzene rings is 1. The molecule has 1 aromatic heterocycles. The number of rotatable bonds is 5. The third kappa shape index (κ3) is 3.73. The predicted molar refractivity (Wildman–Crippen MR) is 91.9 cm³/mol. The van der Waals surface area contributed by atoms with E-state index in [0.717, 1.165) is 33.9 Å². The molecular weight excluding hydrogens is 328 g/mol. The lowest BCUT2D eigenvalue weighted by Crippen LogP contribution is -2.12. The Bertz CT molecular complexity index is 628. The van der Waals surface area contributed by atoms with Crippen LogP contribution in [0.1, 0.15) is 36.8 Å². The number of aromatic nitrogens is 2. The number of nitrogens with one attached hydrogen (secondary N) is 2. The van der Waals surface area contributed by atoms with Gasteiger partial charge in [-0.2, -0.15) is 0 Å². The summed E-state index contributed by atoms with van der Waals surface area (Å²) in [7, 11) is 1.89. The second-order valence-electron chi connectivity index (χ2n) is 4.99. The molecule has 1 unspecified atom stereocenters. The zero-order valence-corrected chi connectivity index (χ0v) is 14.5. The topological polar surface area (TPSA) is 49.8 Å². The number of aryl methyl sites for hydroxylation is 1. The Morgan fingerprint density at radius 3 is 2.57 bits per heavy atom. The molecule has 2 rings (SSSR count). The molecule has 0 aliphatic rings. The monoisotopic (exact) mass is 348 g/mol. The van der Waals surface area contributed by atoms with Crippen LogP contribution in [0, 0.1) is 6.92 Å². The first-order chi connectivity index (χ1) is 10.0. The van der Waals surface area contributed by atoms with Crippen molar-refractivity contribution in [2.45, 2.75) is 33.2 Å². The first kappa shape index (κ1) is 15.8. The fraction of sp³-hybridized carbons (Fsp3) is 0.375. The summed E-state index contributed by atoms with van der Waals surface area (Å²) in [5, 5.41) is 6.63. The summed E-state index contributed by atoms with van der Waals surface area (Å²) in [5.41, 5.74) is 2.25. The molecule has 0 saturated heterocycles. The van der Waals surface area contributed by atoms with Crippen molar-refractivity contribution >= 4 is 27.6 Å². The smallest absolute Gasteiger partial charge is 0.135 e. The van der Waals surface area contributed by atoms with Crippen molar-refractivity contribution in [1.82, 2.24) is 9.97 Å². The first-order valence-corrected chi connectivity index (χ1v) is 7.91. The molecule has 112 valence electrons. The summed E-state index contributed by atoms with van der Waals surface area (Å²) in [4.78, 5) is 9.11. The quantitative estimate of drug-likeness (QED) is 0.844.